The first kappa shape index (κ1) is 24.5. The number of carbonyl (C=O) groups excluding carboxylic acids is 1. The first-order chi connectivity index (χ1) is 16.1. The van der Waals surface area contributed by atoms with E-state index in [2.05, 4.69) is 10.2 Å². The maximum absolute atomic E-state index is 12.8. The fourth-order valence-corrected chi connectivity index (χ4v) is 4.40. The van der Waals surface area contributed by atoms with Crippen LogP contribution >= 0.6 is 11.3 Å². The molecule has 0 radical (unpaired) electrons. The predicted octanol–water partition coefficient (Wildman–Crippen LogP) is 0.728. The van der Waals surface area contributed by atoms with Crippen LogP contribution in [0.1, 0.15) is 13.8 Å². The Morgan fingerprint density at radius 3 is 2.82 bits per heavy atom. The number of thiazole rings is 1. The molecule has 33 heavy (non-hydrogen) atoms. The fraction of sp³-hybridized carbons (Fsp3) is 0.435. The zero-order valence-electron chi connectivity index (χ0n) is 18.8. The molecule has 0 atom stereocenters. The van der Waals surface area contributed by atoms with Crippen molar-refractivity contribution in [1.82, 2.24) is 9.47 Å². The SMILES string of the molecule is CCOC(=O)C(C#N)=c1sc(=CNc2cccc(OCCN3CCOCC3)c2)c(=O)n1CC. The summed E-state index contributed by atoms with van der Waals surface area (Å²) in [7, 11) is 0. The van der Waals surface area contributed by atoms with Crippen molar-refractivity contribution < 1.29 is 19.0 Å². The molecule has 0 unspecified atom stereocenters. The van der Waals surface area contributed by atoms with Crippen molar-refractivity contribution in [2.24, 2.45) is 0 Å². The third kappa shape index (κ3) is 6.44. The van der Waals surface area contributed by atoms with E-state index in [1.807, 2.05) is 30.3 Å². The zero-order valence-corrected chi connectivity index (χ0v) is 19.7. The van der Waals surface area contributed by atoms with E-state index in [-0.39, 0.29) is 22.4 Å². The van der Waals surface area contributed by atoms with Gasteiger partial charge < -0.3 is 19.5 Å². The molecular weight excluding hydrogens is 444 g/mol. The number of hydrogen-bond acceptors (Lipinski definition) is 9. The molecule has 0 spiro atoms. The topological polar surface area (TPSA) is 106 Å². The Kier molecular flexibility index (Phi) is 9.06. The number of ether oxygens (including phenoxy) is 3. The summed E-state index contributed by atoms with van der Waals surface area (Å²) in [6.45, 7) is 8.68. The molecule has 0 aliphatic carbocycles. The van der Waals surface area contributed by atoms with Crippen LogP contribution in [-0.4, -0.2) is 61.5 Å². The second kappa shape index (κ2) is 12.2. The second-order valence-electron chi connectivity index (χ2n) is 7.15. The van der Waals surface area contributed by atoms with Crippen LogP contribution in [0, 0.1) is 11.3 Å². The number of anilines is 1. The molecule has 0 bridgehead atoms. The molecule has 1 aromatic heterocycles. The minimum atomic E-state index is -0.732. The van der Waals surface area contributed by atoms with Crippen molar-refractivity contribution in [3.63, 3.8) is 0 Å². The number of nitrogens with one attached hydrogen (secondary N) is 1. The highest BCUT2D eigenvalue weighted by molar-refractivity contribution is 7.07. The van der Waals surface area contributed by atoms with E-state index in [0.29, 0.717) is 17.7 Å². The van der Waals surface area contributed by atoms with Crippen LogP contribution in [0.15, 0.2) is 29.1 Å². The molecule has 2 heterocycles. The highest BCUT2D eigenvalue weighted by Gasteiger charge is 2.16. The second-order valence-corrected chi connectivity index (χ2v) is 8.18. The fourth-order valence-electron chi connectivity index (χ4n) is 3.32. The van der Waals surface area contributed by atoms with Crippen LogP contribution < -0.4 is 24.8 Å². The largest absolute Gasteiger partial charge is 0.492 e. The highest BCUT2D eigenvalue weighted by atomic mass is 32.1. The van der Waals surface area contributed by atoms with E-state index in [9.17, 15) is 14.9 Å². The summed E-state index contributed by atoms with van der Waals surface area (Å²) in [5, 5.41) is 12.6. The quantitative estimate of drug-likeness (QED) is 0.533. The molecule has 1 aliphatic rings. The summed E-state index contributed by atoms with van der Waals surface area (Å²) in [5.41, 5.74) is 0.308. The Balaban J connectivity index is 1.76. The number of hydrogen-bond donors (Lipinski definition) is 1. The lowest BCUT2D eigenvalue weighted by Gasteiger charge is -2.26. The molecule has 1 aromatic carbocycles. The van der Waals surface area contributed by atoms with Crippen LogP contribution in [-0.2, 0) is 20.8 Å². The number of nitriles is 1. The molecule has 0 amide bonds. The number of carbonyl (C=O) groups is 1. The summed E-state index contributed by atoms with van der Waals surface area (Å²) in [4.78, 5) is 27.2. The monoisotopic (exact) mass is 472 g/mol. The molecule has 10 heteroatoms. The first-order valence-corrected chi connectivity index (χ1v) is 11.7. The van der Waals surface area contributed by atoms with Gasteiger partial charge in [-0.25, -0.2) is 4.79 Å². The van der Waals surface area contributed by atoms with Gasteiger partial charge in [0.25, 0.3) is 5.56 Å². The lowest BCUT2D eigenvalue weighted by atomic mass is 10.3. The van der Waals surface area contributed by atoms with Gasteiger partial charge in [-0.15, -0.1) is 11.3 Å². The van der Waals surface area contributed by atoms with Crippen LogP contribution in [0.4, 0.5) is 5.69 Å². The van der Waals surface area contributed by atoms with Gasteiger partial charge in [0.2, 0.25) is 0 Å². The first-order valence-electron chi connectivity index (χ1n) is 10.9. The summed E-state index contributed by atoms with van der Waals surface area (Å²) < 4.78 is 18.2. The molecule has 3 rings (SSSR count). The normalized spacial score (nSPS) is 15.6. The molecule has 1 aliphatic heterocycles. The summed E-state index contributed by atoms with van der Waals surface area (Å²) in [6.07, 6.45) is 1.58. The van der Waals surface area contributed by atoms with Gasteiger partial charge in [-0.05, 0) is 26.0 Å². The van der Waals surface area contributed by atoms with Crippen molar-refractivity contribution in [2.45, 2.75) is 20.4 Å². The van der Waals surface area contributed by atoms with Gasteiger partial charge in [0.05, 0.1) is 19.8 Å². The van der Waals surface area contributed by atoms with Crippen molar-refractivity contribution in [2.75, 3.05) is 51.4 Å². The number of nitrogens with zero attached hydrogens (tertiary/aromatic N) is 3. The summed E-state index contributed by atoms with van der Waals surface area (Å²) >= 11 is 1.08. The number of benzene rings is 1. The highest BCUT2D eigenvalue weighted by Crippen LogP contribution is 2.17. The number of rotatable bonds is 9. The minimum Gasteiger partial charge on any atom is -0.492 e. The Bertz CT molecular complexity index is 1170. The summed E-state index contributed by atoms with van der Waals surface area (Å²) in [5.74, 6) is -0.00760. The zero-order chi connectivity index (χ0) is 23.6. The maximum Gasteiger partial charge on any atom is 0.351 e. The lowest BCUT2D eigenvalue weighted by Crippen LogP contribution is -2.38. The van der Waals surface area contributed by atoms with Crippen molar-refractivity contribution >= 4 is 34.8 Å². The third-order valence-corrected chi connectivity index (χ3v) is 6.14. The Morgan fingerprint density at radius 2 is 2.12 bits per heavy atom. The van der Waals surface area contributed by atoms with Gasteiger partial charge in [-0.3, -0.25) is 14.3 Å². The van der Waals surface area contributed by atoms with Gasteiger partial charge >= 0.3 is 5.97 Å². The Hall–Kier alpha value is -3.13. The van der Waals surface area contributed by atoms with Gasteiger partial charge in [0, 0.05) is 44.1 Å². The van der Waals surface area contributed by atoms with Crippen LogP contribution in [0.5, 0.6) is 5.75 Å². The lowest BCUT2D eigenvalue weighted by molar-refractivity contribution is -0.136. The van der Waals surface area contributed by atoms with E-state index >= 15 is 0 Å². The molecule has 2 aromatic rings. The Labute approximate surface area is 196 Å². The molecule has 1 fully saturated rings. The number of aromatic nitrogens is 1. The molecule has 9 nitrogen and oxygen atoms in total. The van der Waals surface area contributed by atoms with Gasteiger partial charge in [0.1, 0.15) is 27.6 Å². The molecule has 1 saturated heterocycles. The number of morpholine rings is 1. The van der Waals surface area contributed by atoms with E-state index in [4.69, 9.17) is 14.2 Å². The Morgan fingerprint density at radius 1 is 1.33 bits per heavy atom. The smallest absolute Gasteiger partial charge is 0.351 e. The number of esters is 1. The minimum absolute atomic E-state index is 0.150. The van der Waals surface area contributed by atoms with E-state index in [1.165, 1.54) is 4.57 Å². The van der Waals surface area contributed by atoms with Crippen molar-refractivity contribution in [3.05, 3.63) is 43.8 Å². The van der Waals surface area contributed by atoms with Crippen molar-refractivity contribution in [3.8, 4) is 11.8 Å². The third-order valence-electron chi connectivity index (χ3n) is 5.01. The van der Waals surface area contributed by atoms with Crippen molar-refractivity contribution in [1.29, 1.82) is 5.26 Å². The van der Waals surface area contributed by atoms with Crippen LogP contribution in [0.25, 0.3) is 11.8 Å². The van der Waals surface area contributed by atoms with E-state index < -0.39 is 5.97 Å². The van der Waals surface area contributed by atoms with E-state index in [0.717, 1.165) is 55.6 Å². The molecule has 0 saturated carbocycles. The van der Waals surface area contributed by atoms with Crippen LogP contribution in [0.3, 0.4) is 0 Å². The maximum atomic E-state index is 12.8. The van der Waals surface area contributed by atoms with Crippen LogP contribution in [0.2, 0.25) is 0 Å². The van der Waals surface area contributed by atoms with Gasteiger partial charge in [0.15, 0.2) is 5.57 Å². The summed E-state index contributed by atoms with van der Waals surface area (Å²) in [6, 6.07) is 9.34. The van der Waals surface area contributed by atoms with E-state index in [1.54, 1.807) is 20.0 Å². The van der Waals surface area contributed by atoms with Gasteiger partial charge in [-0.2, -0.15) is 5.26 Å². The molecular formula is C23H28N4O5S. The average Bonchev–Trinajstić information content (AvgIpc) is 3.14. The molecule has 1 N–H and O–H groups in total. The predicted molar refractivity (Wildman–Crippen MR) is 126 cm³/mol. The molecule has 176 valence electrons. The van der Waals surface area contributed by atoms with Gasteiger partial charge in [-0.1, -0.05) is 6.07 Å². The average molecular weight is 473 g/mol. The standard InChI is InChI=1S/C23H28N4O5S/c1-3-27-21(28)20(33-22(27)19(15-24)23(29)31-4-2)16-25-17-6-5-7-18(14-17)32-13-10-26-8-11-30-12-9-26/h5-7,14,16,25H,3-4,8-13H2,1-2H3.